The molecule has 2 heterocycles. The highest BCUT2D eigenvalue weighted by molar-refractivity contribution is 5.85. The summed E-state index contributed by atoms with van der Waals surface area (Å²) in [4.78, 5) is 27.2. The minimum atomic E-state index is -1.22. The Morgan fingerprint density at radius 2 is 2.00 bits per heavy atom. The standard InChI is InChI=1S/C12H21N3O3/c1-12(2,10(16)17)13-11(18)15-7-6-14-5-3-4-9(14)8-15/h9H,3-8H2,1-2H3,(H,13,18)(H,16,17). The fourth-order valence-corrected chi connectivity index (χ4v) is 2.58. The number of fused-ring (bicyclic) bond motifs is 1. The predicted octanol–water partition coefficient (Wildman–Crippen LogP) is 0.339. The summed E-state index contributed by atoms with van der Waals surface area (Å²) in [6.07, 6.45) is 2.33. The molecule has 0 radical (unpaired) electrons. The normalized spacial score (nSPS) is 24.8. The quantitative estimate of drug-likeness (QED) is 0.746. The minimum Gasteiger partial charge on any atom is -0.480 e. The van der Waals surface area contributed by atoms with Gasteiger partial charge in [-0.1, -0.05) is 0 Å². The molecule has 1 atom stereocenters. The first-order valence-corrected chi connectivity index (χ1v) is 6.45. The second-order valence-electron chi connectivity index (χ2n) is 5.64. The number of aliphatic carboxylic acids is 1. The van der Waals surface area contributed by atoms with Gasteiger partial charge in [0.15, 0.2) is 0 Å². The molecule has 2 rings (SSSR count). The Morgan fingerprint density at radius 3 is 2.67 bits per heavy atom. The predicted molar refractivity (Wildman–Crippen MR) is 66.4 cm³/mol. The average molecular weight is 255 g/mol. The molecule has 0 bridgehead atoms. The van der Waals surface area contributed by atoms with E-state index in [9.17, 15) is 9.59 Å². The molecule has 1 unspecified atom stereocenters. The van der Waals surface area contributed by atoms with Crippen LogP contribution in [-0.4, -0.2) is 64.7 Å². The number of piperazine rings is 1. The Hall–Kier alpha value is -1.30. The van der Waals surface area contributed by atoms with Crippen LogP contribution in [0.2, 0.25) is 0 Å². The zero-order valence-corrected chi connectivity index (χ0v) is 11.0. The van der Waals surface area contributed by atoms with Gasteiger partial charge in [-0.2, -0.15) is 0 Å². The first-order chi connectivity index (χ1) is 8.40. The Morgan fingerprint density at radius 1 is 1.28 bits per heavy atom. The van der Waals surface area contributed by atoms with E-state index >= 15 is 0 Å². The van der Waals surface area contributed by atoms with E-state index in [4.69, 9.17) is 5.11 Å². The number of rotatable bonds is 2. The highest BCUT2D eigenvalue weighted by Gasteiger charge is 2.35. The molecule has 102 valence electrons. The van der Waals surface area contributed by atoms with Gasteiger partial charge in [-0.05, 0) is 33.2 Å². The van der Waals surface area contributed by atoms with E-state index in [2.05, 4.69) is 10.2 Å². The van der Waals surface area contributed by atoms with Gasteiger partial charge in [-0.25, -0.2) is 9.59 Å². The van der Waals surface area contributed by atoms with Gasteiger partial charge >= 0.3 is 12.0 Å². The van der Waals surface area contributed by atoms with Gasteiger partial charge in [0, 0.05) is 25.7 Å². The number of carbonyl (C=O) groups excluding carboxylic acids is 1. The molecule has 2 fully saturated rings. The molecule has 6 heteroatoms. The number of hydrogen-bond acceptors (Lipinski definition) is 3. The first-order valence-electron chi connectivity index (χ1n) is 6.45. The van der Waals surface area contributed by atoms with E-state index in [1.807, 2.05) is 0 Å². The van der Waals surface area contributed by atoms with Crippen LogP contribution in [0.3, 0.4) is 0 Å². The molecule has 0 aromatic heterocycles. The fourth-order valence-electron chi connectivity index (χ4n) is 2.58. The van der Waals surface area contributed by atoms with Crippen molar-refractivity contribution in [2.45, 2.75) is 38.3 Å². The number of amides is 2. The van der Waals surface area contributed by atoms with Crippen molar-refractivity contribution in [3.8, 4) is 0 Å². The van der Waals surface area contributed by atoms with E-state index in [0.29, 0.717) is 19.1 Å². The molecule has 0 saturated carbocycles. The molecule has 2 N–H and O–H groups in total. The maximum absolute atomic E-state index is 12.0. The molecule has 2 amide bonds. The molecule has 2 aliphatic heterocycles. The maximum atomic E-state index is 12.0. The summed E-state index contributed by atoms with van der Waals surface area (Å²) >= 11 is 0. The Balaban J connectivity index is 1.92. The van der Waals surface area contributed by atoms with Gasteiger partial charge in [0.05, 0.1) is 0 Å². The van der Waals surface area contributed by atoms with Crippen LogP contribution in [0, 0.1) is 0 Å². The third-order valence-electron chi connectivity index (χ3n) is 3.83. The highest BCUT2D eigenvalue weighted by atomic mass is 16.4. The molecular weight excluding hydrogens is 234 g/mol. The van der Waals surface area contributed by atoms with Crippen LogP contribution >= 0.6 is 0 Å². The SMILES string of the molecule is CC(C)(NC(=O)N1CCN2CCCC2C1)C(=O)O. The van der Waals surface area contributed by atoms with Gasteiger partial charge in [0.25, 0.3) is 0 Å². The van der Waals surface area contributed by atoms with E-state index in [-0.39, 0.29) is 6.03 Å². The Kier molecular flexibility index (Phi) is 3.47. The van der Waals surface area contributed by atoms with E-state index < -0.39 is 11.5 Å². The van der Waals surface area contributed by atoms with Crippen molar-refractivity contribution < 1.29 is 14.7 Å². The van der Waals surface area contributed by atoms with Crippen LogP contribution < -0.4 is 5.32 Å². The van der Waals surface area contributed by atoms with Crippen molar-refractivity contribution >= 4 is 12.0 Å². The van der Waals surface area contributed by atoms with Gasteiger partial charge in [-0.3, -0.25) is 4.90 Å². The largest absolute Gasteiger partial charge is 0.480 e. The van der Waals surface area contributed by atoms with Crippen LogP contribution in [0.5, 0.6) is 0 Å². The van der Waals surface area contributed by atoms with E-state index in [0.717, 1.165) is 19.5 Å². The number of carbonyl (C=O) groups is 2. The van der Waals surface area contributed by atoms with Crippen LogP contribution in [0.25, 0.3) is 0 Å². The second-order valence-corrected chi connectivity index (χ2v) is 5.64. The summed E-state index contributed by atoms with van der Waals surface area (Å²) in [5, 5.41) is 11.6. The number of urea groups is 1. The van der Waals surface area contributed by atoms with Gasteiger partial charge in [0.1, 0.15) is 5.54 Å². The molecule has 18 heavy (non-hydrogen) atoms. The van der Waals surface area contributed by atoms with Crippen molar-refractivity contribution in [1.29, 1.82) is 0 Å². The van der Waals surface area contributed by atoms with Crippen molar-refractivity contribution in [3.05, 3.63) is 0 Å². The third-order valence-corrected chi connectivity index (χ3v) is 3.83. The minimum absolute atomic E-state index is 0.269. The second kappa shape index (κ2) is 4.76. The molecule has 2 aliphatic rings. The molecular formula is C12H21N3O3. The van der Waals surface area contributed by atoms with Crippen molar-refractivity contribution in [2.24, 2.45) is 0 Å². The lowest BCUT2D eigenvalue weighted by Crippen LogP contribution is -2.59. The van der Waals surface area contributed by atoms with E-state index in [1.54, 1.807) is 4.90 Å². The molecule has 6 nitrogen and oxygen atoms in total. The fraction of sp³-hybridized carbons (Fsp3) is 0.833. The van der Waals surface area contributed by atoms with Crippen LogP contribution in [0.4, 0.5) is 4.79 Å². The molecule has 0 aromatic carbocycles. The lowest BCUT2D eigenvalue weighted by Gasteiger charge is -2.38. The van der Waals surface area contributed by atoms with E-state index in [1.165, 1.54) is 20.3 Å². The zero-order chi connectivity index (χ0) is 13.3. The number of nitrogens with zero attached hydrogens (tertiary/aromatic N) is 2. The number of nitrogens with one attached hydrogen (secondary N) is 1. The molecule has 2 saturated heterocycles. The summed E-state index contributed by atoms with van der Waals surface area (Å²) in [7, 11) is 0. The lowest BCUT2D eigenvalue weighted by molar-refractivity contribution is -0.143. The number of hydrogen-bond donors (Lipinski definition) is 2. The summed E-state index contributed by atoms with van der Waals surface area (Å²) in [6, 6.07) is 0.186. The lowest BCUT2D eigenvalue weighted by atomic mass is 10.1. The molecule has 0 aliphatic carbocycles. The third kappa shape index (κ3) is 2.58. The molecule has 0 aromatic rings. The molecule has 0 spiro atoms. The highest BCUT2D eigenvalue weighted by Crippen LogP contribution is 2.21. The monoisotopic (exact) mass is 255 g/mol. The van der Waals surface area contributed by atoms with Crippen molar-refractivity contribution in [1.82, 2.24) is 15.1 Å². The smallest absolute Gasteiger partial charge is 0.328 e. The average Bonchev–Trinajstić information content (AvgIpc) is 2.74. The summed E-state index contributed by atoms with van der Waals surface area (Å²) < 4.78 is 0. The summed E-state index contributed by atoms with van der Waals surface area (Å²) in [5.74, 6) is -1.02. The van der Waals surface area contributed by atoms with Gasteiger partial charge in [0.2, 0.25) is 0 Å². The number of carboxylic acids is 1. The van der Waals surface area contributed by atoms with Gasteiger partial charge in [-0.15, -0.1) is 0 Å². The Labute approximate surface area is 107 Å². The van der Waals surface area contributed by atoms with Gasteiger partial charge < -0.3 is 15.3 Å². The number of carboxylic acid groups (broad SMARTS) is 1. The summed E-state index contributed by atoms with van der Waals surface area (Å²) in [6.45, 7) is 6.41. The topological polar surface area (TPSA) is 72.9 Å². The van der Waals surface area contributed by atoms with Crippen LogP contribution in [-0.2, 0) is 4.79 Å². The van der Waals surface area contributed by atoms with Crippen LogP contribution in [0.1, 0.15) is 26.7 Å². The maximum Gasteiger partial charge on any atom is 0.328 e. The summed E-state index contributed by atoms with van der Waals surface area (Å²) in [5.41, 5.74) is -1.22. The van der Waals surface area contributed by atoms with Crippen molar-refractivity contribution in [2.75, 3.05) is 26.2 Å². The zero-order valence-electron chi connectivity index (χ0n) is 11.0. The Bertz CT molecular complexity index is 356. The first kappa shape index (κ1) is 13.1. The van der Waals surface area contributed by atoms with Crippen molar-refractivity contribution in [3.63, 3.8) is 0 Å². The van der Waals surface area contributed by atoms with Crippen LogP contribution in [0.15, 0.2) is 0 Å².